The van der Waals surface area contributed by atoms with Crippen LogP contribution < -0.4 is 16.0 Å². The van der Waals surface area contributed by atoms with E-state index in [4.69, 9.17) is 5.73 Å². The van der Waals surface area contributed by atoms with Gasteiger partial charge in [-0.3, -0.25) is 9.78 Å². The van der Waals surface area contributed by atoms with Crippen molar-refractivity contribution in [3.63, 3.8) is 0 Å². The first kappa shape index (κ1) is 26.1. The summed E-state index contributed by atoms with van der Waals surface area (Å²) < 4.78 is 43.2. The zero-order chi connectivity index (χ0) is 27.4. The summed E-state index contributed by atoms with van der Waals surface area (Å²) in [6, 6.07) is 4.56. The van der Waals surface area contributed by atoms with E-state index in [1.54, 1.807) is 6.92 Å². The topological polar surface area (TPSA) is 125 Å². The zero-order valence-electron chi connectivity index (χ0n) is 20.9. The first-order valence-electron chi connectivity index (χ1n) is 12.3. The summed E-state index contributed by atoms with van der Waals surface area (Å²) in [7, 11) is 0. The third-order valence-electron chi connectivity index (χ3n) is 7.67. The van der Waals surface area contributed by atoms with Crippen LogP contribution in [0.1, 0.15) is 48.1 Å². The lowest BCUT2D eigenvalue weighted by atomic mass is 9.80. The number of piperidine rings is 1. The highest BCUT2D eigenvalue weighted by Crippen LogP contribution is 2.42. The van der Waals surface area contributed by atoms with Crippen LogP contribution in [-0.4, -0.2) is 50.8 Å². The number of hydrogen-bond donors (Lipinski definition) is 4. The molecule has 4 atom stereocenters. The van der Waals surface area contributed by atoms with E-state index in [1.165, 1.54) is 6.20 Å². The Hall–Kier alpha value is -3.54. The van der Waals surface area contributed by atoms with Gasteiger partial charge in [0.05, 0.1) is 46.6 Å². The first-order chi connectivity index (χ1) is 18.0. The Kier molecular flexibility index (Phi) is 6.62. The minimum absolute atomic E-state index is 0.207. The van der Waals surface area contributed by atoms with Crippen molar-refractivity contribution in [3.05, 3.63) is 70.9 Å². The number of hydrogen-bond acceptors (Lipinski definition) is 7. The minimum Gasteiger partial charge on any atom is -0.388 e. The van der Waals surface area contributed by atoms with Gasteiger partial charge in [-0.15, -0.1) is 0 Å². The average molecular weight is 528 g/mol. The van der Waals surface area contributed by atoms with Crippen LogP contribution in [-0.2, 0) is 6.42 Å². The van der Waals surface area contributed by atoms with Crippen molar-refractivity contribution < 1.29 is 28.2 Å². The molecule has 0 radical (unpaired) electrons. The van der Waals surface area contributed by atoms with Gasteiger partial charge in [-0.05, 0) is 44.0 Å². The van der Waals surface area contributed by atoms with Gasteiger partial charge in [0.1, 0.15) is 28.8 Å². The molecule has 1 aliphatic carbocycles. The SMILES string of the molecule is C[C@H]1CN(c2c(NC(=O)c3ccc(F)c(-c4c(F)cccc4F)n3)cnc3c2CC[C@H]3O)C[C@@H](N)[C@]1(C)O. The van der Waals surface area contributed by atoms with E-state index >= 15 is 0 Å². The van der Waals surface area contributed by atoms with E-state index in [9.17, 15) is 28.2 Å². The van der Waals surface area contributed by atoms with Gasteiger partial charge >= 0.3 is 0 Å². The standard InChI is InChI=1S/C27H28F3N5O3/c1-13-11-35(12-21(31)27(13,2)38)25-14-6-9-20(36)23(14)32-10-19(25)34-26(37)18-8-7-17(30)24(33-18)22-15(28)4-3-5-16(22)29/h3-5,7-8,10,13,20-21,36,38H,6,9,11-12,31H2,1-2H3,(H,34,37)/t13-,20+,21+,27+/m0/s1. The van der Waals surface area contributed by atoms with Crippen LogP contribution in [0.25, 0.3) is 11.3 Å². The van der Waals surface area contributed by atoms with Crippen LogP contribution in [0, 0.1) is 23.4 Å². The molecule has 0 unspecified atom stereocenters. The Labute approximate surface area is 217 Å². The van der Waals surface area contributed by atoms with Crippen molar-refractivity contribution in [3.8, 4) is 11.3 Å². The van der Waals surface area contributed by atoms with Gasteiger partial charge in [0.15, 0.2) is 0 Å². The van der Waals surface area contributed by atoms with Gasteiger partial charge in [0, 0.05) is 24.6 Å². The number of carbonyl (C=O) groups excluding carboxylic acids is 1. The number of halogens is 3. The Morgan fingerprint density at radius 3 is 2.55 bits per heavy atom. The molecule has 0 saturated carbocycles. The number of aliphatic hydroxyl groups is 2. The van der Waals surface area contributed by atoms with Gasteiger partial charge in [-0.2, -0.15) is 0 Å². The fraction of sp³-hybridized carbons (Fsp3) is 0.370. The van der Waals surface area contributed by atoms with Gasteiger partial charge < -0.3 is 26.2 Å². The average Bonchev–Trinajstić information content (AvgIpc) is 3.24. The molecule has 3 aromatic rings. The first-order valence-corrected chi connectivity index (χ1v) is 12.3. The fourth-order valence-electron chi connectivity index (χ4n) is 5.18. The number of rotatable bonds is 4. The molecule has 2 aliphatic rings. The number of nitrogens with zero attached hydrogens (tertiary/aromatic N) is 3. The lowest BCUT2D eigenvalue weighted by Crippen LogP contribution is -2.62. The lowest BCUT2D eigenvalue weighted by molar-refractivity contribution is -0.0258. The van der Waals surface area contributed by atoms with E-state index in [0.717, 1.165) is 35.9 Å². The van der Waals surface area contributed by atoms with Crippen LogP contribution >= 0.6 is 0 Å². The number of aliphatic hydroxyl groups excluding tert-OH is 1. The van der Waals surface area contributed by atoms with Crippen LogP contribution in [0.4, 0.5) is 24.5 Å². The molecule has 0 bridgehead atoms. The second-order valence-electron chi connectivity index (χ2n) is 10.2. The summed E-state index contributed by atoms with van der Waals surface area (Å²) >= 11 is 0. The maximum absolute atomic E-state index is 14.5. The predicted molar refractivity (Wildman–Crippen MR) is 135 cm³/mol. The second kappa shape index (κ2) is 9.64. The highest BCUT2D eigenvalue weighted by Gasteiger charge is 2.43. The number of pyridine rings is 2. The number of fused-ring (bicyclic) bond motifs is 1. The molecule has 1 saturated heterocycles. The minimum atomic E-state index is -1.09. The van der Waals surface area contributed by atoms with E-state index in [0.29, 0.717) is 36.5 Å². The molecule has 8 nitrogen and oxygen atoms in total. The Morgan fingerprint density at radius 2 is 1.87 bits per heavy atom. The van der Waals surface area contributed by atoms with Crippen LogP contribution in [0.15, 0.2) is 36.5 Å². The summed E-state index contributed by atoms with van der Waals surface area (Å²) in [5.74, 6) is -3.95. The maximum atomic E-state index is 14.5. The maximum Gasteiger partial charge on any atom is 0.274 e. The highest BCUT2D eigenvalue weighted by atomic mass is 19.1. The second-order valence-corrected chi connectivity index (χ2v) is 10.2. The third kappa shape index (κ3) is 4.40. The van der Waals surface area contributed by atoms with Crippen LogP contribution in [0.3, 0.4) is 0 Å². The van der Waals surface area contributed by atoms with Crippen molar-refractivity contribution >= 4 is 17.3 Å². The van der Waals surface area contributed by atoms with Gasteiger partial charge in [-0.25, -0.2) is 18.2 Å². The number of carbonyl (C=O) groups is 1. The Morgan fingerprint density at radius 1 is 1.16 bits per heavy atom. The normalized spacial score (nSPS) is 24.8. The van der Waals surface area contributed by atoms with Crippen LogP contribution in [0.2, 0.25) is 0 Å². The molecule has 1 aliphatic heterocycles. The number of amides is 1. The smallest absolute Gasteiger partial charge is 0.274 e. The largest absolute Gasteiger partial charge is 0.388 e. The van der Waals surface area contributed by atoms with Crippen LogP contribution in [0.5, 0.6) is 0 Å². The molecule has 2 aromatic heterocycles. The molecule has 1 fully saturated rings. The summed E-state index contributed by atoms with van der Waals surface area (Å²) in [6.45, 7) is 4.30. The number of nitrogens with two attached hydrogens (primary N) is 1. The van der Waals surface area contributed by atoms with Crippen molar-refractivity contribution in [1.29, 1.82) is 0 Å². The molecular weight excluding hydrogens is 499 g/mol. The van der Waals surface area contributed by atoms with E-state index in [2.05, 4.69) is 15.3 Å². The summed E-state index contributed by atoms with van der Waals surface area (Å²) in [4.78, 5) is 23.5. The summed E-state index contributed by atoms with van der Waals surface area (Å²) in [6.07, 6.45) is 1.66. The van der Waals surface area contributed by atoms with Crippen molar-refractivity contribution in [2.45, 2.75) is 44.4 Å². The fourth-order valence-corrected chi connectivity index (χ4v) is 5.18. The third-order valence-corrected chi connectivity index (χ3v) is 7.67. The molecule has 200 valence electrons. The number of nitrogens with one attached hydrogen (secondary N) is 1. The van der Waals surface area contributed by atoms with Crippen molar-refractivity contribution in [2.75, 3.05) is 23.3 Å². The van der Waals surface area contributed by atoms with E-state index in [1.807, 2.05) is 11.8 Å². The van der Waals surface area contributed by atoms with Crippen molar-refractivity contribution in [2.24, 2.45) is 11.7 Å². The number of aromatic nitrogens is 2. The molecule has 3 heterocycles. The Bertz CT molecular complexity index is 1380. The molecule has 11 heteroatoms. The Balaban J connectivity index is 1.52. The predicted octanol–water partition coefficient (Wildman–Crippen LogP) is 3.33. The monoisotopic (exact) mass is 527 g/mol. The summed E-state index contributed by atoms with van der Waals surface area (Å²) in [5.41, 5.74) is 5.87. The molecular formula is C27H28F3N5O3. The molecule has 5 N–H and O–H groups in total. The number of anilines is 2. The zero-order valence-corrected chi connectivity index (χ0v) is 20.9. The molecule has 5 rings (SSSR count). The van der Waals surface area contributed by atoms with E-state index < -0.39 is 52.4 Å². The molecule has 0 spiro atoms. The van der Waals surface area contributed by atoms with Gasteiger partial charge in [0.2, 0.25) is 0 Å². The highest BCUT2D eigenvalue weighted by molar-refractivity contribution is 6.05. The van der Waals surface area contributed by atoms with Gasteiger partial charge in [0.25, 0.3) is 5.91 Å². The van der Waals surface area contributed by atoms with Crippen molar-refractivity contribution in [1.82, 2.24) is 9.97 Å². The summed E-state index contributed by atoms with van der Waals surface area (Å²) in [5, 5.41) is 23.9. The molecule has 38 heavy (non-hydrogen) atoms. The quantitative estimate of drug-likeness (QED) is 0.410. The molecule has 1 aromatic carbocycles. The number of benzene rings is 1. The molecule has 1 amide bonds. The van der Waals surface area contributed by atoms with Gasteiger partial charge in [-0.1, -0.05) is 13.0 Å². The van der Waals surface area contributed by atoms with E-state index in [-0.39, 0.29) is 18.2 Å². The lowest BCUT2D eigenvalue weighted by Gasteiger charge is -2.47.